The number of carbonyl (C=O) groups is 1. The second-order valence-electron chi connectivity index (χ2n) is 7.25. The van der Waals surface area contributed by atoms with Gasteiger partial charge in [0.1, 0.15) is 0 Å². The summed E-state index contributed by atoms with van der Waals surface area (Å²) in [6, 6.07) is 10.7. The predicted octanol–water partition coefficient (Wildman–Crippen LogP) is 3.87. The summed E-state index contributed by atoms with van der Waals surface area (Å²) < 4.78 is 2.09. The topological polar surface area (TPSA) is 57.8 Å². The van der Waals surface area contributed by atoms with Gasteiger partial charge < -0.3 is 9.88 Å². The van der Waals surface area contributed by atoms with E-state index >= 15 is 0 Å². The van der Waals surface area contributed by atoms with Crippen LogP contribution in [0.1, 0.15) is 37.7 Å². The molecule has 1 N–H and O–H groups in total. The van der Waals surface area contributed by atoms with E-state index in [1.165, 1.54) is 25.7 Å². The van der Waals surface area contributed by atoms with Gasteiger partial charge in [-0.25, -0.2) is 0 Å². The van der Waals surface area contributed by atoms with Crippen LogP contribution in [0.2, 0.25) is 0 Å². The SMILES string of the molecule is N#CCCn1cc(C=CC(=O)NC(C2CC2)C2CC2)c2ccccc21. The van der Waals surface area contributed by atoms with Gasteiger partial charge in [0.15, 0.2) is 0 Å². The molecule has 0 radical (unpaired) electrons. The Morgan fingerprint density at radius 3 is 2.68 bits per heavy atom. The van der Waals surface area contributed by atoms with Crippen LogP contribution in [-0.2, 0) is 11.3 Å². The fraction of sp³-hybridized carbons (Fsp3) is 0.429. The molecule has 0 spiro atoms. The number of nitrogens with zero attached hydrogens (tertiary/aromatic N) is 2. The van der Waals surface area contributed by atoms with Crippen molar-refractivity contribution in [3.63, 3.8) is 0 Å². The zero-order valence-corrected chi connectivity index (χ0v) is 14.3. The summed E-state index contributed by atoms with van der Waals surface area (Å²) in [5.41, 5.74) is 2.13. The second kappa shape index (κ2) is 6.76. The molecule has 2 aromatic rings. The van der Waals surface area contributed by atoms with Crippen molar-refractivity contribution in [1.29, 1.82) is 5.26 Å². The molecule has 2 saturated carbocycles. The van der Waals surface area contributed by atoms with Gasteiger partial charge in [0.25, 0.3) is 0 Å². The molecule has 1 aromatic carbocycles. The fourth-order valence-corrected chi connectivity index (χ4v) is 3.67. The number of hydrogen-bond acceptors (Lipinski definition) is 2. The third kappa shape index (κ3) is 3.61. The summed E-state index contributed by atoms with van der Waals surface area (Å²) in [6.45, 7) is 0.669. The average Bonchev–Trinajstić information content (AvgIpc) is 3.53. The van der Waals surface area contributed by atoms with Gasteiger partial charge in [-0.05, 0) is 49.7 Å². The first kappa shape index (κ1) is 16.0. The first-order chi connectivity index (χ1) is 12.3. The summed E-state index contributed by atoms with van der Waals surface area (Å²) >= 11 is 0. The molecule has 0 aliphatic heterocycles. The Balaban J connectivity index is 1.50. The molecule has 2 aliphatic rings. The van der Waals surface area contributed by atoms with E-state index in [2.05, 4.69) is 28.1 Å². The van der Waals surface area contributed by atoms with Crippen molar-refractivity contribution in [2.75, 3.05) is 0 Å². The predicted molar refractivity (Wildman–Crippen MR) is 98.6 cm³/mol. The highest BCUT2D eigenvalue weighted by atomic mass is 16.1. The number of nitrogens with one attached hydrogen (secondary N) is 1. The van der Waals surface area contributed by atoms with Gasteiger partial charge in [-0.15, -0.1) is 0 Å². The van der Waals surface area contributed by atoms with Crippen LogP contribution < -0.4 is 5.32 Å². The van der Waals surface area contributed by atoms with Crippen LogP contribution in [0.15, 0.2) is 36.5 Å². The van der Waals surface area contributed by atoms with E-state index in [-0.39, 0.29) is 5.91 Å². The summed E-state index contributed by atoms with van der Waals surface area (Å²) in [6.07, 6.45) is 11.1. The highest BCUT2D eigenvalue weighted by Crippen LogP contribution is 2.44. The van der Waals surface area contributed by atoms with Crippen molar-refractivity contribution >= 4 is 22.9 Å². The number of fused-ring (bicyclic) bond motifs is 1. The zero-order valence-electron chi connectivity index (χ0n) is 14.3. The summed E-state index contributed by atoms with van der Waals surface area (Å²) in [4.78, 5) is 12.4. The lowest BCUT2D eigenvalue weighted by Crippen LogP contribution is -2.37. The van der Waals surface area contributed by atoms with E-state index in [9.17, 15) is 4.79 Å². The molecule has 0 bridgehead atoms. The molecule has 0 unspecified atom stereocenters. The summed E-state index contributed by atoms with van der Waals surface area (Å²) in [5.74, 6) is 1.42. The number of aryl methyl sites for hydroxylation is 1. The molecule has 25 heavy (non-hydrogen) atoms. The molecule has 0 atom stereocenters. The number of nitriles is 1. The molecule has 2 aliphatic carbocycles. The first-order valence-corrected chi connectivity index (χ1v) is 9.19. The summed E-state index contributed by atoms with van der Waals surface area (Å²) in [7, 11) is 0. The van der Waals surface area contributed by atoms with E-state index in [1.807, 2.05) is 24.4 Å². The van der Waals surface area contributed by atoms with Crippen LogP contribution in [-0.4, -0.2) is 16.5 Å². The molecule has 4 rings (SSSR count). The summed E-state index contributed by atoms with van der Waals surface area (Å²) in [5, 5.41) is 13.2. The van der Waals surface area contributed by atoms with E-state index in [4.69, 9.17) is 5.26 Å². The smallest absolute Gasteiger partial charge is 0.244 e. The minimum Gasteiger partial charge on any atom is -0.349 e. The van der Waals surface area contributed by atoms with E-state index in [0.717, 1.165) is 16.5 Å². The standard InChI is InChI=1S/C21H23N3O/c22-12-3-13-24-14-17(18-4-1-2-5-19(18)24)10-11-20(25)23-21(15-6-7-15)16-8-9-16/h1-2,4-5,10-11,14-16,21H,3,6-9,13H2,(H,23,25). The van der Waals surface area contributed by atoms with Crippen LogP contribution in [0.5, 0.6) is 0 Å². The normalized spacial score (nSPS) is 17.3. The molecular weight excluding hydrogens is 310 g/mol. The third-order valence-electron chi connectivity index (χ3n) is 5.27. The number of benzene rings is 1. The van der Waals surface area contributed by atoms with E-state index in [0.29, 0.717) is 30.8 Å². The third-order valence-corrected chi connectivity index (χ3v) is 5.27. The van der Waals surface area contributed by atoms with Crippen LogP contribution in [0.25, 0.3) is 17.0 Å². The van der Waals surface area contributed by atoms with Gasteiger partial charge in [0, 0.05) is 41.3 Å². The van der Waals surface area contributed by atoms with Gasteiger partial charge in [-0.1, -0.05) is 18.2 Å². The number of aromatic nitrogens is 1. The Hall–Kier alpha value is -2.54. The number of amides is 1. The van der Waals surface area contributed by atoms with Crippen molar-refractivity contribution in [3.8, 4) is 6.07 Å². The Morgan fingerprint density at radius 2 is 2.00 bits per heavy atom. The lowest BCUT2D eigenvalue weighted by atomic mass is 10.1. The maximum absolute atomic E-state index is 12.4. The highest BCUT2D eigenvalue weighted by molar-refractivity contribution is 5.96. The molecule has 0 saturated heterocycles. The Bertz CT molecular complexity index is 838. The quantitative estimate of drug-likeness (QED) is 0.782. The van der Waals surface area contributed by atoms with Gasteiger partial charge >= 0.3 is 0 Å². The van der Waals surface area contributed by atoms with E-state index < -0.39 is 0 Å². The average molecular weight is 333 g/mol. The monoisotopic (exact) mass is 333 g/mol. The van der Waals surface area contributed by atoms with Crippen molar-refractivity contribution in [2.24, 2.45) is 11.8 Å². The van der Waals surface area contributed by atoms with Gasteiger partial charge in [-0.2, -0.15) is 5.26 Å². The molecule has 1 aromatic heterocycles. The minimum absolute atomic E-state index is 0.0117. The molecule has 4 nitrogen and oxygen atoms in total. The van der Waals surface area contributed by atoms with E-state index in [1.54, 1.807) is 6.08 Å². The fourth-order valence-electron chi connectivity index (χ4n) is 3.67. The van der Waals surface area contributed by atoms with Crippen LogP contribution in [0.3, 0.4) is 0 Å². The highest BCUT2D eigenvalue weighted by Gasteiger charge is 2.41. The maximum atomic E-state index is 12.4. The Morgan fingerprint density at radius 1 is 1.28 bits per heavy atom. The molecule has 1 heterocycles. The lowest BCUT2D eigenvalue weighted by Gasteiger charge is -2.16. The molecule has 1 amide bonds. The Kier molecular flexibility index (Phi) is 4.31. The van der Waals surface area contributed by atoms with Crippen molar-refractivity contribution in [3.05, 3.63) is 42.1 Å². The maximum Gasteiger partial charge on any atom is 0.244 e. The van der Waals surface area contributed by atoms with Crippen molar-refractivity contribution in [2.45, 2.75) is 44.7 Å². The molecular formula is C21H23N3O. The van der Waals surface area contributed by atoms with Crippen molar-refractivity contribution in [1.82, 2.24) is 9.88 Å². The molecule has 2 fully saturated rings. The number of para-hydroxylation sites is 1. The number of carbonyl (C=O) groups excluding carboxylic acids is 1. The molecule has 4 heteroatoms. The van der Waals surface area contributed by atoms with Crippen LogP contribution >= 0.6 is 0 Å². The van der Waals surface area contributed by atoms with Gasteiger partial charge in [-0.3, -0.25) is 4.79 Å². The second-order valence-corrected chi connectivity index (χ2v) is 7.25. The zero-order chi connectivity index (χ0) is 17.2. The lowest BCUT2D eigenvalue weighted by molar-refractivity contribution is -0.117. The number of rotatable bonds is 7. The van der Waals surface area contributed by atoms with Gasteiger partial charge in [0.05, 0.1) is 12.5 Å². The van der Waals surface area contributed by atoms with Gasteiger partial charge in [0.2, 0.25) is 5.91 Å². The Labute approximate surface area is 148 Å². The van der Waals surface area contributed by atoms with Crippen LogP contribution in [0, 0.1) is 23.2 Å². The van der Waals surface area contributed by atoms with Crippen molar-refractivity contribution < 1.29 is 4.79 Å². The largest absolute Gasteiger partial charge is 0.349 e. The molecule has 128 valence electrons. The first-order valence-electron chi connectivity index (χ1n) is 9.19. The number of hydrogen-bond donors (Lipinski definition) is 1. The van der Waals surface area contributed by atoms with Crippen LogP contribution in [0.4, 0.5) is 0 Å². The minimum atomic E-state index is 0.0117.